The maximum Gasteiger partial charge on any atom is 0.322 e. The lowest BCUT2D eigenvalue weighted by molar-refractivity contribution is 0.208. The number of amides is 2. The summed E-state index contributed by atoms with van der Waals surface area (Å²) in [5.74, 6) is 2.09. The van der Waals surface area contributed by atoms with Gasteiger partial charge in [0.25, 0.3) is 0 Å². The van der Waals surface area contributed by atoms with E-state index in [0.717, 1.165) is 30.4 Å². The number of anilines is 2. The number of carbonyl (C=O) groups excluding carboxylic acids is 1. The van der Waals surface area contributed by atoms with Gasteiger partial charge in [-0.05, 0) is 19.9 Å². The van der Waals surface area contributed by atoms with E-state index < -0.39 is 0 Å². The molecule has 1 aliphatic heterocycles. The summed E-state index contributed by atoms with van der Waals surface area (Å²) in [5, 5.41) is 10.7. The van der Waals surface area contributed by atoms with Crippen LogP contribution in [-0.2, 0) is 0 Å². The molecule has 0 aromatic carbocycles. The summed E-state index contributed by atoms with van der Waals surface area (Å²) in [7, 11) is 0. The summed E-state index contributed by atoms with van der Waals surface area (Å²) in [6.07, 6.45) is 1.57. The first-order chi connectivity index (χ1) is 12.4. The van der Waals surface area contributed by atoms with Gasteiger partial charge < -0.3 is 15.1 Å². The Hall–Kier alpha value is -2.77. The van der Waals surface area contributed by atoms with Crippen molar-refractivity contribution < 1.29 is 4.79 Å². The molecule has 0 aliphatic carbocycles. The maximum atomic E-state index is 12.5. The third-order valence-electron chi connectivity index (χ3n) is 4.41. The van der Waals surface area contributed by atoms with E-state index in [1.54, 1.807) is 12.3 Å². The van der Waals surface area contributed by atoms with Gasteiger partial charge in [-0.1, -0.05) is 13.8 Å². The average Bonchev–Trinajstić information content (AvgIpc) is 2.63. The molecule has 0 saturated carbocycles. The zero-order valence-corrected chi connectivity index (χ0v) is 15.7. The second kappa shape index (κ2) is 7.63. The Morgan fingerprint density at radius 1 is 1.15 bits per heavy atom. The molecular weight excluding hydrogens is 330 g/mol. The molecule has 26 heavy (non-hydrogen) atoms. The molecule has 0 radical (unpaired) electrons. The molecule has 0 unspecified atom stereocenters. The molecule has 0 spiro atoms. The molecule has 8 heteroatoms. The number of rotatable bonds is 3. The highest BCUT2D eigenvalue weighted by molar-refractivity contribution is 5.89. The van der Waals surface area contributed by atoms with Crippen LogP contribution in [0.15, 0.2) is 18.3 Å². The maximum absolute atomic E-state index is 12.5. The van der Waals surface area contributed by atoms with Crippen LogP contribution in [-0.4, -0.2) is 57.3 Å². The average molecular weight is 355 g/mol. The van der Waals surface area contributed by atoms with Crippen LogP contribution >= 0.6 is 0 Å². The van der Waals surface area contributed by atoms with E-state index >= 15 is 0 Å². The molecule has 1 aliphatic rings. The van der Waals surface area contributed by atoms with Gasteiger partial charge in [0, 0.05) is 43.9 Å². The summed E-state index contributed by atoms with van der Waals surface area (Å²) in [6.45, 7) is 10.8. The quantitative estimate of drug-likeness (QED) is 0.909. The minimum absolute atomic E-state index is 0.109. The molecule has 1 fully saturated rings. The number of urea groups is 1. The van der Waals surface area contributed by atoms with Crippen LogP contribution in [0.2, 0.25) is 0 Å². The highest BCUT2D eigenvalue weighted by Crippen LogP contribution is 2.19. The van der Waals surface area contributed by atoms with Crippen molar-refractivity contribution in [1.82, 2.24) is 25.1 Å². The highest BCUT2D eigenvalue weighted by atomic mass is 16.2. The van der Waals surface area contributed by atoms with Gasteiger partial charge in [-0.2, -0.15) is 10.2 Å². The molecule has 3 rings (SSSR count). The zero-order valence-electron chi connectivity index (χ0n) is 15.7. The van der Waals surface area contributed by atoms with Crippen molar-refractivity contribution in [2.24, 2.45) is 0 Å². The standard InChI is InChI=1S/C18H25N7O/c1-12(2)17-20-13(3)11-16(22-17)24-7-9-25(10-8-24)18(26)21-15-5-6-19-23-14(15)4/h5-6,11-12H,7-10H2,1-4H3,(H,19,21,26). The molecule has 0 atom stereocenters. The van der Waals surface area contributed by atoms with E-state index in [2.05, 4.69) is 44.2 Å². The first kappa shape index (κ1) is 18.0. The van der Waals surface area contributed by atoms with Gasteiger partial charge >= 0.3 is 6.03 Å². The summed E-state index contributed by atoms with van der Waals surface area (Å²) < 4.78 is 0. The van der Waals surface area contributed by atoms with Crippen molar-refractivity contribution in [3.05, 3.63) is 35.5 Å². The monoisotopic (exact) mass is 355 g/mol. The Morgan fingerprint density at radius 3 is 2.54 bits per heavy atom. The normalized spacial score (nSPS) is 14.7. The number of nitrogens with one attached hydrogen (secondary N) is 1. The van der Waals surface area contributed by atoms with E-state index in [1.165, 1.54) is 0 Å². The molecule has 2 aromatic heterocycles. The molecule has 2 aromatic rings. The van der Waals surface area contributed by atoms with Crippen molar-refractivity contribution in [1.29, 1.82) is 0 Å². The van der Waals surface area contributed by atoms with Gasteiger partial charge in [-0.25, -0.2) is 14.8 Å². The van der Waals surface area contributed by atoms with Crippen LogP contribution in [0.1, 0.15) is 37.0 Å². The summed E-state index contributed by atoms with van der Waals surface area (Å²) in [4.78, 5) is 25.7. The van der Waals surface area contributed by atoms with E-state index in [0.29, 0.717) is 24.5 Å². The predicted molar refractivity (Wildman–Crippen MR) is 100 cm³/mol. The molecule has 3 heterocycles. The van der Waals surface area contributed by atoms with Crippen molar-refractivity contribution in [2.75, 3.05) is 36.4 Å². The Labute approximate surface area is 153 Å². The van der Waals surface area contributed by atoms with E-state index in [-0.39, 0.29) is 11.9 Å². The van der Waals surface area contributed by atoms with E-state index in [9.17, 15) is 4.79 Å². The second-order valence-electron chi connectivity index (χ2n) is 6.81. The fourth-order valence-corrected chi connectivity index (χ4v) is 2.86. The van der Waals surface area contributed by atoms with Gasteiger partial charge in [0.1, 0.15) is 11.6 Å². The molecular formula is C18H25N7O. The Bertz CT molecular complexity index is 785. The largest absolute Gasteiger partial charge is 0.353 e. The van der Waals surface area contributed by atoms with Crippen LogP contribution in [0.25, 0.3) is 0 Å². The summed E-state index contributed by atoms with van der Waals surface area (Å²) in [6, 6.07) is 3.66. The fourth-order valence-electron chi connectivity index (χ4n) is 2.86. The summed E-state index contributed by atoms with van der Waals surface area (Å²) >= 11 is 0. The van der Waals surface area contributed by atoms with Crippen molar-refractivity contribution >= 4 is 17.5 Å². The SMILES string of the molecule is Cc1cc(N2CCN(C(=O)Nc3ccnnc3C)CC2)nc(C(C)C)n1. The van der Waals surface area contributed by atoms with Crippen molar-refractivity contribution in [3.8, 4) is 0 Å². The number of aryl methyl sites for hydroxylation is 2. The zero-order chi connectivity index (χ0) is 18.7. The lowest BCUT2D eigenvalue weighted by Gasteiger charge is -2.35. The van der Waals surface area contributed by atoms with Gasteiger partial charge in [0.05, 0.1) is 17.6 Å². The number of piperazine rings is 1. The smallest absolute Gasteiger partial charge is 0.322 e. The van der Waals surface area contributed by atoms with Gasteiger partial charge in [-0.3, -0.25) is 0 Å². The van der Waals surface area contributed by atoms with E-state index in [4.69, 9.17) is 0 Å². The van der Waals surface area contributed by atoms with Crippen molar-refractivity contribution in [3.63, 3.8) is 0 Å². The third kappa shape index (κ3) is 4.07. The van der Waals surface area contributed by atoms with Gasteiger partial charge in [0.15, 0.2) is 0 Å². The number of carbonyl (C=O) groups is 1. The van der Waals surface area contributed by atoms with E-state index in [1.807, 2.05) is 24.8 Å². The Kier molecular flexibility index (Phi) is 5.29. The lowest BCUT2D eigenvalue weighted by Crippen LogP contribution is -2.50. The predicted octanol–water partition coefficient (Wildman–Crippen LogP) is 2.36. The minimum atomic E-state index is -0.109. The van der Waals surface area contributed by atoms with Crippen LogP contribution < -0.4 is 10.2 Å². The van der Waals surface area contributed by atoms with Gasteiger partial charge in [0.2, 0.25) is 0 Å². The van der Waals surface area contributed by atoms with Crippen LogP contribution in [0.3, 0.4) is 0 Å². The first-order valence-electron chi connectivity index (χ1n) is 8.89. The number of hydrogen-bond donors (Lipinski definition) is 1. The molecule has 1 saturated heterocycles. The van der Waals surface area contributed by atoms with Crippen LogP contribution in [0, 0.1) is 13.8 Å². The Balaban J connectivity index is 1.62. The third-order valence-corrected chi connectivity index (χ3v) is 4.41. The molecule has 2 amide bonds. The van der Waals surface area contributed by atoms with Crippen molar-refractivity contribution in [2.45, 2.75) is 33.6 Å². The molecule has 1 N–H and O–H groups in total. The highest BCUT2D eigenvalue weighted by Gasteiger charge is 2.23. The Morgan fingerprint density at radius 2 is 1.88 bits per heavy atom. The number of aromatic nitrogens is 4. The number of nitrogens with zero attached hydrogens (tertiary/aromatic N) is 6. The minimum Gasteiger partial charge on any atom is -0.353 e. The lowest BCUT2D eigenvalue weighted by atomic mass is 10.2. The van der Waals surface area contributed by atoms with Crippen LogP contribution in [0.5, 0.6) is 0 Å². The summed E-state index contributed by atoms with van der Waals surface area (Å²) in [5.41, 5.74) is 2.37. The molecule has 138 valence electrons. The first-order valence-corrected chi connectivity index (χ1v) is 8.89. The fraction of sp³-hybridized carbons (Fsp3) is 0.500. The molecule has 8 nitrogen and oxygen atoms in total. The van der Waals surface area contributed by atoms with Gasteiger partial charge in [-0.15, -0.1) is 0 Å². The topological polar surface area (TPSA) is 87.1 Å². The number of hydrogen-bond acceptors (Lipinski definition) is 6. The molecule has 0 bridgehead atoms. The second-order valence-corrected chi connectivity index (χ2v) is 6.81. The van der Waals surface area contributed by atoms with Crippen LogP contribution in [0.4, 0.5) is 16.3 Å².